The number of carbonyl (C=O) groups excluding carboxylic acids is 2. The lowest BCUT2D eigenvalue weighted by Gasteiger charge is -2.23. The maximum atomic E-state index is 12.8. The Balaban J connectivity index is 2.70. The van der Waals surface area contributed by atoms with Gasteiger partial charge in [-0.1, -0.05) is 12.1 Å². The summed E-state index contributed by atoms with van der Waals surface area (Å²) in [6.45, 7) is -0.632. The highest BCUT2D eigenvalue weighted by Crippen LogP contribution is 2.19. The van der Waals surface area contributed by atoms with Gasteiger partial charge in [0.25, 0.3) is 0 Å². The number of hydrogen-bond donors (Lipinski definition) is 0. The molecule has 8 heteroatoms. The summed E-state index contributed by atoms with van der Waals surface area (Å²) in [6.07, 6.45) is -5.23. The van der Waals surface area contributed by atoms with Gasteiger partial charge < -0.3 is 9.64 Å². The first kappa shape index (κ1) is 17.9. The fraction of sp³-hybridized carbons (Fsp3) is 0.429. The van der Waals surface area contributed by atoms with Crippen molar-refractivity contribution in [3.8, 4) is 0 Å². The molecule has 22 heavy (non-hydrogen) atoms. The molecule has 0 spiro atoms. The van der Waals surface area contributed by atoms with Gasteiger partial charge in [-0.15, -0.1) is 0 Å². The highest BCUT2D eigenvalue weighted by Gasteiger charge is 2.42. The molecular formula is C14H15F4NO3. The number of esters is 1. The fourth-order valence-corrected chi connectivity index (χ4v) is 1.74. The van der Waals surface area contributed by atoms with E-state index in [4.69, 9.17) is 0 Å². The molecule has 1 rings (SSSR count). The van der Waals surface area contributed by atoms with E-state index in [1.54, 1.807) is 0 Å². The van der Waals surface area contributed by atoms with Crippen LogP contribution in [0.5, 0.6) is 0 Å². The van der Waals surface area contributed by atoms with Crippen LogP contribution in [0.4, 0.5) is 17.6 Å². The van der Waals surface area contributed by atoms with Gasteiger partial charge in [-0.3, -0.25) is 9.59 Å². The lowest BCUT2D eigenvalue weighted by Crippen LogP contribution is -2.43. The van der Waals surface area contributed by atoms with Crippen LogP contribution in [0.3, 0.4) is 0 Å². The lowest BCUT2D eigenvalue weighted by molar-refractivity contribution is -0.185. The molecule has 4 nitrogen and oxygen atoms in total. The zero-order chi connectivity index (χ0) is 16.8. The topological polar surface area (TPSA) is 46.6 Å². The molecule has 0 saturated carbocycles. The van der Waals surface area contributed by atoms with Gasteiger partial charge in [-0.25, -0.2) is 4.39 Å². The van der Waals surface area contributed by atoms with Crippen LogP contribution in [0.2, 0.25) is 0 Å². The van der Waals surface area contributed by atoms with E-state index in [0.29, 0.717) is 10.5 Å². The van der Waals surface area contributed by atoms with E-state index in [9.17, 15) is 27.2 Å². The molecular weight excluding hydrogens is 306 g/mol. The summed E-state index contributed by atoms with van der Waals surface area (Å²) >= 11 is 0. The Morgan fingerprint density at radius 1 is 1.14 bits per heavy atom. The number of rotatable bonds is 6. The zero-order valence-corrected chi connectivity index (χ0v) is 11.8. The zero-order valence-electron chi connectivity index (χ0n) is 11.8. The SMILES string of the molecule is COC(=O)CCN(CCc1ccc(F)cc1)C(=O)C(F)(F)F. The standard InChI is InChI=1S/C14H15F4NO3/c1-22-12(20)7-9-19(13(21)14(16,17)18)8-6-10-2-4-11(15)5-3-10/h2-5H,6-9H2,1H3. The van der Waals surface area contributed by atoms with E-state index in [1.165, 1.54) is 24.3 Å². The molecule has 0 aliphatic carbocycles. The van der Waals surface area contributed by atoms with Gasteiger partial charge in [-0.2, -0.15) is 13.2 Å². The summed E-state index contributed by atoms with van der Waals surface area (Å²) in [5.74, 6) is -3.18. The first-order chi connectivity index (χ1) is 10.2. The Hall–Kier alpha value is -2.12. The van der Waals surface area contributed by atoms with Crippen LogP contribution in [0.25, 0.3) is 0 Å². The minimum atomic E-state index is -5.01. The number of halogens is 4. The van der Waals surface area contributed by atoms with Crippen molar-refractivity contribution in [3.63, 3.8) is 0 Å². The number of ether oxygens (including phenoxy) is 1. The molecule has 0 saturated heterocycles. The molecule has 0 N–H and O–H groups in total. The highest BCUT2D eigenvalue weighted by molar-refractivity contribution is 5.82. The normalized spacial score (nSPS) is 11.1. The molecule has 0 radical (unpaired) electrons. The van der Waals surface area contributed by atoms with E-state index in [0.717, 1.165) is 7.11 Å². The van der Waals surface area contributed by atoms with Gasteiger partial charge in [0, 0.05) is 13.1 Å². The van der Waals surface area contributed by atoms with Crippen molar-refractivity contribution in [1.29, 1.82) is 0 Å². The number of benzene rings is 1. The fourth-order valence-electron chi connectivity index (χ4n) is 1.74. The van der Waals surface area contributed by atoms with Gasteiger partial charge in [0.2, 0.25) is 0 Å². The van der Waals surface area contributed by atoms with E-state index in [-0.39, 0.29) is 19.4 Å². The molecule has 0 aliphatic rings. The summed E-state index contributed by atoms with van der Waals surface area (Å²) in [7, 11) is 1.11. The molecule has 0 heterocycles. The first-order valence-corrected chi connectivity index (χ1v) is 6.41. The van der Waals surface area contributed by atoms with Crippen molar-refractivity contribution < 1.29 is 31.9 Å². The average molecular weight is 321 g/mol. The smallest absolute Gasteiger partial charge is 0.469 e. The quantitative estimate of drug-likeness (QED) is 0.597. The molecule has 0 atom stereocenters. The maximum Gasteiger partial charge on any atom is 0.471 e. The number of nitrogens with zero attached hydrogens (tertiary/aromatic N) is 1. The van der Waals surface area contributed by atoms with Crippen LogP contribution in [0.1, 0.15) is 12.0 Å². The van der Waals surface area contributed by atoms with Crippen molar-refractivity contribution in [1.82, 2.24) is 4.90 Å². The summed E-state index contributed by atoms with van der Waals surface area (Å²) in [4.78, 5) is 22.9. The van der Waals surface area contributed by atoms with Crippen molar-refractivity contribution in [2.75, 3.05) is 20.2 Å². The Bertz CT molecular complexity index is 514. The second kappa shape index (κ2) is 7.77. The van der Waals surface area contributed by atoms with Crippen molar-refractivity contribution in [2.45, 2.75) is 19.0 Å². The van der Waals surface area contributed by atoms with Gasteiger partial charge in [0.1, 0.15) is 5.82 Å². The van der Waals surface area contributed by atoms with Crippen LogP contribution in [0.15, 0.2) is 24.3 Å². The first-order valence-electron chi connectivity index (χ1n) is 6.41. The summed E-state index contributed by atoms with van der Waals surface area (Å²) in [5.41, 5.74) is 0.583. The van der Waals surface area contributed by atoms with E-state index in [2.05, 4.69) is 4.74 Å². The minimum Gasteiger partial charge on any atom is -0.469 e. The lowest BCUT2D eigenvalue weighted by atomic mass is 10.1. The molecule has 0 fully saturated rings. The van der Waals surface area contributed by atoms with Crippen LogP contribution in [0, 0.1) is 5.82 Å². The van der Waals surface area contributed by atoms with Crippen LogP contribution in [-0.4, -0.2) is 43.2 Å². The Kier molecular flexibility index (Phi) is 6.33. The number of hydrogen-bond acceptors (Lipinski definition) is 3. The monoisotopic (exact) mass is 321 g/mol. The minimum absolute atomic E-state index is 0.114. The predicted octanol–water partition coefficient (Wildman–Crippen LogP) is 2.32. The number of alkyl halides is 3. The molecule has 0 aromatic heterocycles. The molecule has 0 aliphatic heterocycles. The average Bonchev–Trinajstić information content (AvgIpc) is 2.47. The molecule has 1 aromatic rings. The van der Waals surface area contributed by atoms with E-state index >= 15 is 0 Å². The maximum absolute atomic E-state index is 12.8. The number of amides is 1. The molecule has 1 aromatic carbocycles. The highest BCUT2D eigenvalue weighted by atomic mass is 19.4. The molecule has 1 amide bonds. The number of carbonyl (C=O) groups is 2. The summed E-state index contributed by atoms with van der Waals surface area (Å²) in [6, 6.07) is 5.21. The van der Waals surface area contributed by atoms with Crippen LogP contribution >= 0.6 is 0 Å². The van der Waals surface area contributed by atoms with Gasteiger partial charge in [0.15, 0.2) is 0 Å². The molecule has 122 valence electrons. The van der Waals surface area contributed by atoms with Crippen molar-refractivity contribution in [2.24, 2.45) is 0 Å². The Labute approximate surface area is 124 Å². The second-order valence-corrected chi connectivity index (χ2v) is 4.49. The summed E-state index contributed by atoms with van der Waals surface area (Å²) in [5, 5.41) is 0. The number of methoxy groups -OCH3 is 1. The van der Waals surface area contributed by atoms with E-state index in [1.807, 2.05) is 0 Å². The Morgan fingerprint density at radius 3 is 2.23 bits per heavy atom. The van der Waals surface area contributed by atoms with Gasteiger partial charge >= 0.3 is 18.1 Å². The van der Waals surface area contributed by atoms with Crippen molar-refractivity contribution >= 4 is 11.9 Å². The molecule has 0 bridgehead atoms. The molecule has 0 unspecified atom stereocenters. The largest absolute Gasteiger partial charge is 0.471 e. The van der Waals surface area contributed by atoms with Gasteiger partial charge in [-0.05, 0) is 24.1 Å². The van der Waals surface area contributed by atoms with E-state index < -0.39 is 30.4 Å². The van der Waals surface area contributed by atoms with Crippen LogP contribution in [-0.2, 0) is 20.7 Å². The third-order valence-corrected chi connectivity index (χ3v) is 2.93. The predicted molar refractivity (Wildman–Crippen MR) is 69.4 cm³/mol. The third kappa shape index (κ3) is 5.71. The Morgan fingerprint density at radius 2 is 1.73 bits per heavy atom. The summed E-state index contributed by atoms with van der Waals surface area (Å²) < 4.78 is 54.7. The van der Waals surface area contributed by atoms with Crippen molar-refractivity contribution in [3.05, 3.63) is 35.6 Å². The van der Waals surface area contributed by atoms with Gasteiger partial charge in [0.05, 0.1) is 13.5 Å². The van der Waals surface area contributed by atoms with Crippen LogP contribution < -0.4 is 0 Å². The second-order valence-electron chi connectivity index (χ2n) is 4.49. The third-order valence-electron chi connectivity index (χ3n) is 2.93.